The minimum absolute atomic E-state index is 0.146. The lowest BCUT2D eigenvalue weighted by Gasteiger charge is -2.08. The van der Waals surface area contributed by atoms with Crippen LogP contribution in [0.3, 0.4) is 0 Å². The zero-order chi connectivity index (χ0) is 14.8. The van der Waals surface area contributed by atoms with Crippen molar-refractivity contribution in [3.8, 4) is 12.3 Å². The topological polar surface area (TPSA) is 79.5 Å². The van der Waals surface area contributed by atoms with Crippen molar-refractivity contribution >= 4 is 23.4 Å². The van der Waals surface area contributed by atoms with Crippen LogP contribution >= 0.6 is 0 Å². The summed E-state index contributed by atoms with van der Waals surface area (Å²) in [5.74, 6) is 2.19. The zero-order valence-corrected chi connectivity index (χ0v) is 11.2. The van der Waals surface area contributed by atoms with E-state index in [4.69, 9.17) is 11.2 Å². The summed E-state index contributed by atoms with van der Waals surface area (Å²) in [6.45, 7) is 2.53. The third-order valence-electron chi connectivity index (χ3n) is 2.20. The molecule has 20 heavy (non-hydrogen) atoms. The van der Waals surface area contributed by atoms with Crippen LogP contribution in [-0.2, 0) is 9.53 Å². The summed E-state index contributed by atoms with van der Waals surface area (Å²) in [6.07, 6.45) is 4.54. The van der Waals surface area contributed by atoms with Gasteiger partial charge < -0.3 is 10.1 Å². The van der Waals surface area contributed by atoms with Crippen molar-refractivity contribution in [2.75, 3.05) is 30.3 Å². The minimum atomic E-state index is -0.511. The number of benzene rings is 1. The van der Waals surface area contributed by atoms with Crippen molar-refractivity contribution in [3.63, 3.8) is 0 Å². The van der Waals surface area contributed by atoms with Gasteiger partial charge in [0.05, 0.1) is 19.7 Å². The van der Waals surface area contributed by atoms with Crippen LogP contribution in [0.4, 0.5) is 16.2 Å². The number of hydrogen-bond donors (Lipinski definition) is 3. The van der Waals surface area contributed by atoms with Crippen LogP contribution in [0, 0.1) is 12.3 Å². The zero-order valence-electron chi connectivity index (χ0n) is 11.2. The van der Waals surface area contributed by atoms with Crippen LogP contribution in [0.5, 0.6) is 0 Å². The van der Waals surface area contributed by atoms with E-state index in [1.165, 1.54) is 0 Å². The Balaban J connectivity index is 2.44. The highest BCUT2D eigenvalue weighted by Gasteiger charge is 2.03. The Bertz CT molecular complexity index is 491. The second kappa shape index (κ2) is 8.56. The van der Waals surface area contributed by atoms with Crippen LogP contribution in [0.1, 0.15) is 6.92 Å². The van der Waals surface area contributed by atoms with Gasteiger partial charge in [0.1, 0.15) is 0 Å². The molecule has 0 spiro atoms. The molecule has 0 aliphatic rings. The fourth-order valence-electron chi connectivity index (χ4n) is 1.38. The summed E-state index contributed by atoms with van der Waals surface area (Å²) in [7, 11) is 0. The Kier molecular flexibility index (Phi) is 6.65. The predicted octanol–water partition coefficient (Wildman–Crippen LogP) is 1.42. The molecule has 6 nitrogen and oxygen atoms in total. The molecule has 0 unspecified atom stereocenters. The maximum atomic E-state index is 11.5. The van der Waals surface area contributed by atoms with Crippen molar-refractivity contribution in [2.45, 2.75) is 6.92 Å². The fourth-order valence-corrected chi connectivity index (χ4v) is 1.38. The number of carbonyl (C=O) groups excluding carboxylic acids is 2. The van der Waals surface area contributed by atoms with E-state index in [2.05, 4.69) is 21.9 Å². The number of terminal acetylenes is 1. The van der Waals surface area contributed by atoms with E-state index in [0.29, 0.717) is 24.5 Å². The molecule has 0 fully saturated rings. The number of anilines is 2. The van der Waals surface area contributed by atoms with Gasteiger partial charge in [0.15, 0.2) is 0 Å². The minimum Gasteiger partial charge on any atom is -0.450 e. The van der Waals surface area contributed by atoms with E-state index in [1.54, 1.807) is 31.2 Å². The van der Waals surface area contributed by atoms with Crippen molar-refractivity contribution in [1.29, 1.82) is 0 Å². The van der Waals surface area contributed by atoms with Crippen molar-refractivity contribution in [1.82, 2.24) is 5.32 Å². The van der Waals surface area contributed by atoms with Crippen molar-refractivity contribution < 1.29 is 14.3 Å². The monoisotopic (exact) mass is 275 g/mol. The molecule has 0 bridgehead atoms. The third-order valence-corrected chi connectivity index (χ3v) is 2.20. The Morgan fingerprint density at radius 1 is 1.20 bits per heavy atom. The summed E-state index contributed by atoms with van der Waals surface area (Å²) >= 11 is 0. The highest BCUT2D eigenvalue weighted by atomic mass is 16.5. The van der Waals surface area contributed by atoms with Crippen LogP contribution in [-0.4, -0.2) is 31.7 Å². The number of carbonyl (C=O) groups is 2. The standard InChI is InChI=1S/C14H17N3O3/c1-3-9-15-10-13(18)16-11-5-7-12(8-6-11)17-14(19)20-4-2/h1,5-8,15H,4,9-10H2,2H3,(H,16,18)(H,17,19). The molecular weight excluding hydrogens is 258 g/mol. The van der Waals surface area contributed by atoms with Crippen molar-refractivity contribution in [2.24, 2.45) is 0 Å². The largest absolute Gasteiger partial charge is 0.450 e. The van der Waals surface area contributed by atoms with Crippen LogP contribution in [0.2, 0.25) is 0 Å². The van der Waals surface area contributed by atoms with E-state index in [-0.39, 0.29) is 12.5 Å². The maximum Gasteiger partial charge on any atom is 0.411 e. The van der Waals surface area contributed by atoms with Gasteiger partial charge >= 0.3 is 6.09 Å². The van der Waals surface area contributed by atoms with Crippen LogP contribution in [0.15, 0.2) is 24.3 Å². The van der Waals surface area contributed by atoms with E-state index in [9.17, 15) is 9.59 Å². The number of rotatable bonds is 6. The number of hydrogen-bond acceptors (Lipinski definition) is 4. The molecule has 0 aliphatic carbocycles. The van der Waals surface area contributed by atoms with Crippen molar-refractivity contribution in [3.05, 3.63) is 24.3 Å². The van der Waals surface area contributed by atoms with Gasteiger partial charge in [0, 0.05) is 11.4 Å². The molecule has 0 heterocycles. The maximum absolute atomic E-state index is 11.5. The number of amides is 2. The van der Waals surface area contributed by atoms with Gasteiger partial charge in [-0.15, -0.1) is 6.42 Å². The molecule has 0 aliphatic heterocycles. The second-order valence-electron chi connectivity index (χ2n) is 3.78. The molecule has 0 radical (unpaired) electrons. The normalized spacial score (nSPS) is 9.40. The smallest absolute Gasteiger partial charge is 0.411 e. The Labute approximate surface area is 117 Å². The molecule has 2 amide bonds. The van der Waals surface area contributed by atoms with Crippen LogP contribution < -0.4 is 16.0 Å². The van der Waals surface area contributed by atoms with Gasteiger partial charge in [-0.05, 0) is 31.2 Å². The first-order valence-corrected chi connectivity index (χ1v) is 6.13. The average molecular weight is 275 g/mol. The number of ether oxygens (including phenoxy) is 1. The molecule has 0 atom stereocenters. The first kappa shape index (κ1) is 15.5. The van der Waals surface area contributed by atoms with Gasteiger partial charge in [-0.1, -0.05) is 5.92 Å². The molecular formula is C14H17N3O3. The lowest BCUT2D eigenvalue weighted by Crippen LogP contribution is -2.28. The SMILES string of the molecule is C#CCNCC(=O)Nc1ccc(NC(=O)OCC)cc1. The Morgan fingerprint density at radius 3 is 2.35 bits per heavy atom. The van der Waals surface area contributed by atoms with E-state index in [0.717, 1.165) is 0 Å². The summed E-state index contributed by atoms with van der Waals surface area (Å²) in [4.78, 5) is 22.7. The highest BCUT2D eigenvalue weighted by Crippen LogP contribution is 2.13. The van der Waals surface area contributed by atoms with Gasteiger partial charge in [-0.25, -0.2) is 4.79 Å². The predicted molar refractivity (Wildman–Crippen MR) is 77.4 cm³/mol. The Morgan fingerprint density at radius 2 is 1.80 bits per heavy atom. The summed E-state index contributed by atoms with van der Waals surface area (Å²) < 4.78 is 4.75. The van der Waals surface area contributed by atoms with E-state index in [1.807, 2.05) is 0 Å². The molecule has 0 saturated carbocycles. The quantitative estimate of drug-likeness (QED) is 0.542. The van der Waals surface area contributed by atoms with Gasteiger partial charge in [-0.3, -0.25) is 15.4 Å². The lowest BCUT2D eigenvalue weighted by molar-refractivity contribution is -0.115. The molecule has 3 N–H and O–H groups in total. The van der Waals surface area contributed by atoms with Crippen LogP contribution in [0.25, 0.3) is 0 Å². The molecule has 1 aromatic carbocycles. The highest BCUT2D eigenvalue weighted by molar-refractivity contribution is 5.92. The summed E-state index contributed by atoms with van der Waals surface area (Å²) in [5.41, 5.74) is 1.22. The van der Waals surface area contributed by atoms with Gasteiger partial charge in [-0.2, -0.15) is 0 Å². The first-order chi connectivity index (χ1) is 9.65. The molecule has 1 aromatic rings. The molecule has 0 aromatic heterocycles. The van der Waals surface area contributed by atoms with E-state index < -0.39 is 6.09 Å². The Hall–Kier alpha value is -2.52. The van der Waals surface area contributed by atoms with Gasteiger partial charge in [0.25, 0.3) is 0 Å². The lowest BCUT2D eigenvalue weighted by atomic mass is 10.3. The number of nitrogens with one attached hydrogen (secondary N) is 3. The molecule has 106 valence electrons. The fraction of sp³-hybridized carbons (Fsp3) is 0.286. The molecule has 6 heteroatoms. The first-order valence-electron chi connectivity index (χ1n) is 6.13. The van der Waals surface area contributed by atoms with E-state index >= 15 is 0 Å². The average Bonchev–Trinajstić information content (AvgIpc) is 2.41. The second-order valence-corrected chi connectivity index (χ2v) is 3.78. The third kappa shape index (κ3) is 5.89. The molecule has 0 saturated heterocycles. The summed E-state index contributed by atoms with van der Waals surface area (Å²) in [6, 6.07) is 6.70. The van der Waals surface area contributed by atoms with Gasteiger partial charge in [0.2, 0.25) is 5.91 Å². The molecule has 1 rings (SSSR count). The summed E-state index contributed by atoms with van der Waals surface area (Å²) in [5, 5.41) is 8.03.